The molecule has 5 rings (SSSR count). The Balaban J connectivity index is 1.74. The molecule has 1 fully saturated rings. The van der Waals surface area contributed by atoms with Crippen molar-refractivity contribution in [1.82, 2.24) is 4.90 Å². The molecule has 2 N–H and O–H groups in total. The number of anilines is 2. The monoisotopic (exact) mass is 385 g/mol. The Labute approximate surface area is 160 Å². The summed E-state index contributed by atoms with van der Waals surface area (Å²) in [4.78, 5) is 29.3. The van der Waals surface area contributed by atoms with E-state index in [0.717, 1.165) is 29.0 Å². The highest BCUT2D eigenvalue weighted by molar-refractivity contribution is 7.98. The Bertz CT molecular complexity index is 975. The maximum Gasteiger partial charge on any atom is 0.276 e. The molecule has 2 amide bonds. The smallest absolute Gasteiger partial charge is 0.276 e. The van der Waals surface area contributed by atoms with Crippen molar-refractivity contribution in [2.24, 2.45) is 0 Å². The van der Waals surface area contributed by atoms with Gasteiger partial charge in [0.15, 0.2) is 0 Å². The number of carbonyl (C=O) groups is 2. The summed E-state index contributed by atoms with van der Waals surface area (Å²) in [6.07, 6.45) is 3.79. The van der Waals surface area contributed by atoms with E-state index in [1.807, 2.05) is 24.5 Å². The lowest BCUT2D eigenvalue weighted by molar-refractivity contribution is -0.125. The van der Waals surface area contributed by atoms with Gasteiger partial charge in [-0.05, 0) is 49.4 Å². The minimum absolute atomic E-state index is 0.0547. The van der Waals surface area contributed by atoms with Crippen LogP contribution in [0, 0.1) is 0 Å². The van der Waals surface area contributed by atoms with Crippen LogP contribution in [0.3, 0.4) is 0 Å². The van der Waals surface area contributed by atoms with E-state index in [1.165, 1.54) is 0 Å². The van der Waals surface area contributed by atoms with Gasteiger partial charge >= 0.3 is 0 Å². The van der Waals surface area contributed by atoms with Crippen molar-refractivity contribution in [3.8, 4) is 0 Å². The molecular formula is C19H16ClN3O2S. The average molecular weight is 386 g/mol. The normalized spacial score (nSPS) is 23.5. The number of carbonyl (C=O) groups excluding carboxylic acids is 2. The number of benzene rings is 2. The molecule has 1 aliphatic carbocycles. The zero-order valence-electron chi connectivity index (χ0n) is 14.0. The molecule has 132 valence electrons. The zero-order valence-corrected chi connectivity index (χ0v) is 15.6. The molecule has 0 saturated heterocycles. The van der Waals surface area contributed by atoms with Crippen LogP contribution in [0.2, 0.25) is 5.02 Å². The number of fused-ring (bicyclic) bond motifs is 3. The molecule has 0 bridgehead atoms. The van der Waals surface area contributed by atoms with Gasteiger partial charge in [-0.2, -0.15) is 0 Å². The van der Waals surface area contributed by atoms with Crippen LogP contribution in [-0.2, 0) is 10.5 Å². The van der Waals surface area contributed by atoms with Gasteiger partial charge in [-0.15, -0.1) is 11.8 Å². The van der Waals surface area contributed by atoms with Gasteiger partial charge in [-0.3, -0.25) is 9.59 Å². The van der Waals surface area contributed by atoms with Crippen molar-refractivity contribution < 1.29 is 9.59 Å². The van der Waals surface area contributed by atoms with Crippen LogP contribution in [0.4, 0.5) is 11.4 Å². The van der Waals surface area contributed by atoms with E-state index in [0.29, 0.717) is 16.3 Å². The quantitative estimate of drug-likeness (QED) is 0.770. The first kappa shape index (κ1) is 16.0. The lowest BCUT2D eigenvalue weighted by atomic mass is 9.92. The molecule has 2 aliphatic heterocycles. The van der Waals surface area contributed by atoms with Crippen molar-refractivity contribution in [1.29, 1.82) is 0 Å². The molecular weight excluding hydrogens is 370 g/mol. The maximum atomic E-state index is 13.3. The topological polar surface area (TPSA) is 61.4 Å². The lowest BCUT2D eigenvalue weighted by Gasteiger charge is -2.45. The summed E-state index contributed by atoms with van der Waals surface area (Å²) in [6.45, 7) is 0. The van der Waals surface area contributed by atoms with Gasteiger partial charge < -0.3 is 15.5 Å². The summed E-state index contributed by atoms with van der Waals surface area (Å²) in [5.74, 6) is -0.368. The second-order valence-corrected chi connectivity index (χ2v) is 8.11. The molecule has 1 saturated carbocycles. The van der Waals surface area contributed by atoms with Gasteiger partial charge in [0.2, 0.25) is 5.66 Å². The Morgan fingerprint density at radius 3 is 2.69 bits per heavy atom. The second-order valence-electron chi connectivity index (χ2n) is 6.80. The fraction of sp³-hybridized carbons (Fsp3) is 0.263. The third-order valence-electron chi connectivity index (χ3n) is 5.21. The molecule has 5 nitrogen and oxygen atoms in total. The standard InChI is InChI=1S/C19H16ClN3O2S/c1-26-12-5-6-14-16(9-12)21-18(25)19(14)22-15-7-2-10(20)8-13(15)17(24)23(19)11-3-4-11/h2,5-9,11,22H,3-4H2,1H3,(H,21,25). The van der Waals surface area contributed by atoms with Gasteiger partial charge in [0, 0.05) is 27.2 Å². The number of amides is 2. The summed E-state index contributed by atoms with van der Waals surface area (Å²) in [5, 5.41) is 6.85. The van der Waals surface area contributed by atoms with E-state index in [9.17, 15) is 9.59 Å². The van der Waals surface area contributed by atoms with Crippen LogP contribution in [0.5, 0.6) is 0 Å². The highest BCUT2D eigenvalue weighted by atomic mass is 35.5. The highest BCUT2D eigenvalue weighted by Crippen LogP contribution is 2.50. The van der Waals surface area contributed by atoms with E-state index >= 15 is 0 Å². The Morgan fingerprint density at radius 2 is 1.96 bits per heavy atom. The summed E-state index contributed by atoms with van der Waals surface area (Å²) >= 11 is 7.71. The van der Waals surface area contributed by atoms with Gasteiger partial charge in [0.25, 0.3) is 11.8 Å². The second kappa shape index (κ2) is 5.41. The van der Waals surface area contributed by atoms with E-state index in [-0.39, 0.29) is 17.9 Å². The first-order valence-corrected chi connectivity index (χ1v) is 10.1. The van der Waals surface area contributed by atoms with Crippen LogP contribution in [-0.4, -0.2) is 29.0 Å². The van der Waals surface area contributed by atoms with E-state index < -0.39 is 5.66 Å². The highest BCUT2D eigenvalue weighted by Gasteiger charge is 2.59. The third-order valence-corrected chi connectivity index (χ3v) is 6.17. The molecule has 1 spiro atoms. The number of halogens is 1. The minimum atomic E-state index is -1.20. The van der Waals surface area contributed by atoms with Crippen LogP contribution < -0.4 is 10.6 Å². The fourth-order valence-electron chi connectivity index (χ4n) is 3.88. The van der Waals surface area contributed by atoms with E-state index in [4.69, 9.17) is 11.6 Å². The number of hydrogen-bond donors (Lipinski definition) is 2. The summed E-state index contributed by atoms with van der Waals surface area (Å²) in [7, 11) is 0. The maximum absolute atomic E-state index is 13.3. The Kier molecular flexibility index (Phi) is 3.33. The summed E-state index contributed by atoms with van der Waals surface area (Å²) in [5.41, 5.74) is 1.49. The summed E-state index contributed by atoms with van der Waals surface area (Å²) < 4.78 is 0. The number of thioether (sulfide) groups is 1. The van der Waals surface area contributed by atoms with Crippen molar-refractivity contribution >= 4 is 46.6 Å². The third kappa shape index (κ3) is 2.06. The summed E-state index contributed by atoms with van der Waals surface area (Å²) in [6, 6.07) is 11.1. The van der Waals surface area contributed by atoms with E-state index in [1.54, 1.807) is 34.9 Å². The number of nitrogens with one attached hydrogen (secondary N) is 2. The minimum Gasteiger partial charge on any atom is -0.350 e. The molecule has 2 aromatic carbocycles. The molecule has 1 unspecified atom stereocenters. The van der Waals surface area contributed by atoms with Crippen LogP contribution in [0.25, 0.3) is 0 Å². The zero-order chi connectivity index (χ0) is 18.1. The largest absolute Gasteiger partial charge is 0.350 e. The number of nitrogens with zero attached hydrogens (tertiary/aromatic N) is 1. The average Bonchev–Trinajstić information content (AvgIpc) is 3.42. The predicted octanol–water partition coefficient (Wildman–Crippen LogP) is 3.90. The van der Waals surface area contributed by atoms with Crippen molar-refractivity contribution in [2.75, 3.05) is 16.9 Å². The fourth-order valence-corrected chi connectivity index (χ4v) is 4.49. The molecule has 3 aliphatic rings. The van der Waals surface area contributed by atoms with Crippen LogP contribution >= 0.6 is 23.4 Å². The molecule has 0 radical (unpaired) electrons. The van der Waals surface area contributed by atoms with Crippen molar-refractivity contribution in [3.63, 3.8) is 0 Å². The molecule has 2 aromatic rings. The number of hydrogen-bond acceptors (Lipinski definition) is 4. The molecule has 1 atom stereocenters. The van der Waals surface area contributed by atoms with E-state index in [2.05, 4.69) is 10.6 Å². The van der Waals surface area contributed by atoms with Gasteiger partial charge in [0.05, 0.1) is 11.3 Å². The first-order chi connectivity index (χ1) is 12.5. The van der Waals surface area contributed by atoms with Crippen LogP contribution in [0.15, 0.2) is 41.3 Å². The Hall–Kier alpha value is -2.18. The van der Waals surface area contributed by atoms with Crippen molar-refractivity contribution in [2.45, 2.75) is 29.4 Å². The van der Waals surface area contributed by atoms with Gasteiger partial charge in [0.1, 0.15) is 0 Å². The Morgan fingerprint density at radius 1 is 1.15 bits per heavy atom. The first-order valence-electron chi connectivity index (χ1n) is 8.46. The van der Waals surface area contributed by atoms with Gasteiger partial charge in [-0.1, -0.05) is 17.7 Å². The van der Waals surface area contributed by atoms with Crippen molar-refractivity contribution in [3.05, 3.63) is 52.5 Å². The molecule has 0 aromatic heterocycles. The SMILES string of the molecule is CSc1ccc2c(c1)NC(=O)C21Nc2ccc(Cl)cc2C(=O)N1C1CC1. The lowest BCUT2D eigenvalue weighted by Crippen LogP contribution is -2.62. The molecule has 2 heterocycles. The number of rotatable bonds is 2. The predicted molar refractivity (Wildman–Crippen MR) is 103 cm³/mol. The molecule has 26 heavy (non-hydrogen) atoms. The molecule has 7 heteroatoms. The van der Waals surface area contributed by atoms with Gasteiger partial charge in [-0.25, -0.2) is 0 Å². The van der Waals surface area contributed by atoms with Crippen LogP contribution in [0.1, 0.15) is 28.8 Å².